The van der Waals surface area contributed by atoms with Gasteiger partial charge in [0.1, 0.15) is 0 Å². The van der Waals surface area contributed by atoms with Crippen molar-refractivity contribution < 1.29 is 8.42 Å². The molecule has 0 heterocycles. The normalized spacial score (nSPS) is 30.9. The summed E-state index contributed by atoms with van der Waals surface area (Å²) in [6.45, 7) is 12.0. The van der Waals surface area contributed by atoms with Crippen LogP contribution in [0.3, 0.4) is 0 Å². The van der Waals surface area contributed by atoms with Crippen LogP contribution in [0.5, 0.6) is 0 Å². The molecule has 2 saturated carbocycles. The summed E-state index contributed by atoms with van der Waals surface area (Å²) in [6.07, 6.45) is 20.6. The maximum atomic E-state index is 12.3. The van der Waals surface area contributed by atoms with E-state index in [0.717, 1.165) is 25.7 Å². The molecule has 0 N–H and O–H groups in total. The lowest BCUT2D eigenvalue weighted by molar-refractivity contribution is 0.229. The molecule has 0 aliphatic heterocycles. The summed E-state index contributed by atoms with van der Waals surface area (Å²) < 4.78 is 23.8. The molecule has 3 heteroatoms. The Kier molecular flexibility index (Phi) is 7.01. The lowest BCUT2D eigenvalue weighted by Gasteiger charge is -2.41. The van der Waals surface area contributed by atoms with Crippen LogP contribution in [0.2, 0.25) is 0 Å². The fourth-order valence-corrected chi connectivity index (χ4v) is 6.13. The van der Waals surface area contributed by atoms with Crippen molar-refractivity contribution in [1.82, 2.24) is 0 Å². The summed E-state index contributed by atoms with van der Waals surface area (Å²) in [5.41, 5.74) is 6.16. The fraction of sp³-hybridized carbons (Fsp3) is 0.630. The van der Waals surface area contributed by atoms with Gasteiger partial charge in [0.25, 0.3) is 0 Å². The van der Waals surface area contributed by atoms with Gasteiger partial charge in [0.15, 0.2) is 9.84 Å². The third-order valence-corrected chi connectivity index (χ3v) is 9.81. The second-order valence-electron chi connectivity index (χ2n) is 10.6. The first-order chi connectivity index (χ1) is 14.0. The molecule has 0 aromatic rings. The number of sulfone groups is 1. The highest BCUT2D eigenvalue weighted by Crippen LogP contribution is 2.55. The predicted octanol–water partition coefficient (Wildman–Crippen LogP) is 7.61. The van der Waals surface area contributed by atoms with Gasteiger partial charge in [-0.1, -0.05) is 54.5 Å². The van der Waals surface area contributed by atoms with Gasteiger partial charge in [0.2, 0.25) is 0 Å². The molecule has 166 valence electrons. The lowest BCUT2D eigenvalue weighted by atomic mass is 9.63. The predicted molar refractivity (Wildman–Crippen MR) is 129 cm³/mol. The van der Waals surface area contributed by atoms with Gasteiger partial charge in [-0.15, -0.1) is 0 Å². The highest BCUT2D eigenvalue weighted by atomic mass is 32.2. The largest absolute Gasteiger partial charge is 0.224 e. The quantitative estimate of drug-likeness (QED) is 0.422. The molecule has 30 heavy (non-hydrogen) atoms. The highest BCUT2D eigenvalue weighted by molar-refractivity contribution is 7.95. The molecule has 2 fully saturated rings. The van der Waals surface area contributed by atoms with Gasteiger partial charge < -0.3 is 0 Å². The first-order valence-corrected chi connectivity index (χ1v) is 13.3. The zero-order chi connectivity index (χ0) is 22.0. The highest BCUT2D eigenvalue weighted by Gasteiger charge is 2.44. The monoisotopic (exact) mass is 428 g/mol. The molecule has 2 atom stereocenters. The average Bonchev–Trinajstić information content (AvgIpc) is 3.00. The second kappa shape index (κ2) is 9.02. The Balaban J connectivity index is 1.66. The minimum absolute atomic E-state index is 0.239. The number of rotatable bonds is 5. The van der Waals surface area contributed by atoms with Gasteiger partial charge in [0.05, 0.1) is 4.75 Å². The zero-order valence-electron chi connectivity index (χ0n) is 19.5. The van der Waals surface area contributed by atoms with Crippen molar-refractivity contribution >= 4 is 9.84 Å². The van der Waals surface area contributed by atoms with Crippen LogP contribution in [0.25, 0.3) is 0 Å². The van der Waals surface area contributed by atoms with Crippen molar-refractivity contribution in [2.24, 2.45) is 11.3 Å². The van der Waals surface area contributed by atoms with Gasteiger partial charge >= 0.3 is 0 Å². The summed E-state index contributed by atoms with van der Waals surface area (Å²) in [5.74, 6) is 0.609. The molecule has 0 radical (unpaired) electrons. The molecule has 0 saturated heterocycles. The molecule has 0 spiro atoms. The Morgan fingerprint density at radius 3 is 2.57 bits per heavy atom. The van der Waals surface area contributed by atoms with Crippen LogP contribution in [0.15, 0.2) is 58.6 Å². The van der Waals surface area contributed by atoms with Crippen molar-refractivity contribution in [2.75, 3.05) is 0 Å². The molecule has 0 amide bonds. The maximum absolute atomic E-state index is 12.3. The maximum Gasteiger partial charge on any atom is 0.176 e. The number of allylic oxidation sites excluding steroid dienone is 8. The summed E-state index contributed by atoms with van der Waals surface area (Å²) >= 11 is 0. The topological polar surface area (TPSA) is 34.1 Å². The minimum Gasteiger partial charge on any atom is -0.224 e. The molecular formula is C27H40O2S. The fourth-order valence-electron chi connectivity index (χ4n) is 5.33. The van der Waals surface area contributed by atoms with E-state index in [1.807, 2.05) is 6.08 Å². The van der Waals surface area contributed by atoms with Gasteiger partial charge in [0, 0.05) is 5.41 Å². The third kappa shape index (κ3) is 4.93. The molecular weight excluding hydrogens is 388 g/mol. The van der Waals surface area contributed by atoms with Gasteiger partial charge in [-0.3, -0.25) is 0 Å². The minimum atomic E-state index is -3.19. The molecule has 0 unspecified atom stereocenters. The summed E-state index contributed by atoms with van der Waals surface area (Å²) in [6, 6.07) is 0. The standard InChI is InChI=1S/C27H40O2S/c1-21-11-6-7-12-22(21)15-16-23-13-10-19-27(5)24(17-18-25(23)27)14-8-9-20-30(28,29)26(2,3)4/h9,15-17,20,25H,1,6-8,10-14,18-19H2,2-5H3/t25-,27+/m0/s1. The van der Waals surface area contributed by atoms with E-state index in [1.54, 1.807) is 26.3 Å². The summed E-state index contributed by atoms with van der Waals surface area (Å²) in [4.78, 5) is 0. The molecule has 2 nitrogen and oxygen atoms in total. The van der Waals surface area contributed by atoms with E-state index in [4.69, 9.17) is 0 Å². The molecule has 0 aromatic heterocycles. The van der Waals surface area contributed by atoms with E-state index in [0.29, 0.717) is 5.92 Å². The average molecular weight is 429 g/mol. The van der Waals surface area contributed by atoms with Gasteiger partial charge in [-0.05, 0) is 102 Å². The summed E-state index contributed by atoms with van der Waals surface area (Å²) in [5, 5.41) is 1.43. The first kappa shape index (κ1) is 23.3. The van der Waals surface area contributed by atoms with Crippen LogP contribution in [0, 0.1) is 11.3 Å². The second-order valence-corrected chi connectivity index (χ2v) is 13.2. The van der Waals surface area contributed by atoms with Crippen LogP contribution in [-0.4, -0.2) is 13.2 Å². The van der Waals surface area contributed by atoms with E-state index in [1.165, 1.54) is 60.7 Å². The first-order valence-electron chi connectivity index (χ1n) is 11.7. The Bertz CT molecular complexity index is 890. The Morgan fingerprint density at radius 1 is 1.13 bits per heavy atom. The Hall–Kier alpha value is -1.35. The van der Waals surface area contributed by atoms with Crippen molar-refractivity contribution in [3.8, 4) is 0 Å². The van der Waals surface area contributed by atoms with Gasteiger partial charge in [-0.25, -0.2) is 8.42 Å². The van der Waals surface area contributed by atoms with Crippen molar-refractivity contribution in [1.29, 1.82) is 0 Å². The zero-order valence-corrected chi connectivity index (χ0v) is 20.3. The van der Waals surface area contributed by atoms with Crippen LogP contribution in [0.4, 0.5) is 0 Å². The molecule has 3 rings (SSSR count). The Labute approximate surface area is 184 Å². The van der Waals surface area contributed by atoms with E-state index < -0.39 is 14.6 Å². The van der Waals surface area contributed by atoms with Crippen LogP contribution < -0.4 is 0 Å². The van der Waals surface area contributed by atoms with Crippen molar-refractivity contribution in [2.45, 2.75) is 96.7 Å². The molecule has 3 aliphatic rings. The lowest BCUT2D eigenvalue weighted by Crippen LogP contribution is -2.30. The van der Waals surface area contributed by atoms with Gasteiger partial charge in [-0.2, -0.15) is 0 Å². The molecule has 0 bridgehead atoms. The van der Waals surface area contributed by atoms with E-state index in [2.05, 4.69) is 31.7 Å². The smallest absolute Gasteiger partial charge is 0.176 e. The van der Waals surface area contributed by atoms with Crippen LogP contribution in [0.1, 0.15) is 91.9 Å². The van der Waals surface area contributed by atoms with Crippen molar-refractivity contribution in [3.63, 3.8) is 0 Å². The van der Waals surface area contributed by atoms with E-state index >= 15 is 0 Å². The molecule has 3 aliphatic carbocycles. The SMILES string of the molecule is C=C1CCCCC1=CC=C1CCC[C@]2(C)C(CCC=CS(=O)(=O)C(C)(C)C)=CC[C@@H]12. The van der Waals surface area contributed by atoms with Crippen LogP contribution >= 0.6 is 0 Å². The third-order valence-electron chi connectivity index (χ3n) is 7.55. The van der Waals surface area contributed by atoms with E-state index in [9.17, 15) is 8.42 Å². The summed E-state index contributed by atoms with van der Waals surface area (Å²) in [7, 11) is -3.19. The number of hydrogen-bond donors (Lipinski definition) is 0. The number of hydrogen-bond acceptors (Lipinski definition) is 2. The molecule has 0 aromatic carbocycles. The van der Waals surface area contributed by atoms with Crippen molar-refractivity contribution in [3.05, 3.63) is 58.6 Å². The number of fused-ring (bicyclic) bond motifs is 1. The van der Waals surface area contributed by atoms with E-state index in [-0.39, 0.29) is 5.41 Å². The Morgan fingerprint density at radius 2 is 1.87 bits per heavy atom. The van der Waals surface area contributed by atoms with Crippen LogP contribution in [-0.2, 0) is 9.84 Å².